The predicted octanol–water partition coefficient (Wildman–Crippen LogP) is 5.28. The van der Waals surface area contributed by atoms with Crippen LogP contribution in [0, 0.1) is 11.8 Å². The molecule has 4 aromatic rings. The Hall–Kier alpha value is -7.65. The van der Waals surface area contributed by atoms with Crippen LogP contribution in [-0.4, -0.2) is 177 Å². The van der Waals surface area contributed by atoms with E-state index in [1.165, 1.54) is 15.9 Å². The number of benzene rings is 3. The van der Waals surface area contributed by atoms with Crippen molar-refractivity contribution in [3.8, 4) is 0 Å². The lowest BCUT2D eigenvalue weighted by Gasteiger charge is -2.39. The van der Waals surface area contributed by atoms with E-state index in [9.17, 15) is 79.9 Å². The largest absolute Gasteiger partial charge is 0.399 e. The highest BCUT2D eigenvalue weighted by Gasteiger charge is 2.51. The van der Waals surface area contributed by atoms with Crippen LogP contribution in [0.25, 0.3) is 10.1 Å². The van der Waals surface area contributed by atoms with E-state index in [0.717, 1.165) is 70.5 Å². The van der Waals surface area contributed by atoms with Crippen LogP contribution in [0.2, 0.25) is 0 Å². The molecule has 10 amide bonds. The molecule has 0 saturated carbocycles. The normalized spacial score (nSPS) is 22.1. The Morgan fingerprint density at radius 2 is 1.44 bits per heavy atom. The summed E-state index contributed by atoms with van der Waals surface area (Å²) in [4.78, 5) is 163. The van der Waals surface area contributed by atoms with Crippen LogP contribution in [-0.2, 0) is 55.6 Å². The number of imide groups is 2. The molecule has 3 aromatic carbocycles. The molecule has 0 bridgehead atoms. The molecule has 6 atom stereocenters. The zero-order chi connectivity index (χ0) is 67.0. The molecule has 500 valence electrons. The van der Waals surface area contributed by atoms with Gasteiger partial charge in [0.25, 0.3) is 24.1 Å². The Labute approximate surface area is 538 Å². The van der Waals surface area contributed by atoms with Gasteiger partial charge < -0.3 is 46.2 Å². The van der Waals surface area contributed by atoms with E-state index in [0.29, 0.717) is 50.9 Å². The molecule has 0 spiro atoms. The van der Waals surface area contributed by atoms with Crippen molar-refractivity contribution in [2.45, 2.75) is 158 Å². The van der Waals surface area contributed by atoms with E-state index < -0.39 is 128 Å². The number of nitrogens with zero attached hydrogens (tertiary/aromatic N) is 5. The first-order valence-corrected chi connectivity index (χ1v) is 33.9. The molecule has 5 fully saturated rings. The third-order valence-electron chi connectivity index (χ3n) is 18.9. The van der Waals surface area contributed by atoms with Crippen molar-refractivity contribution in [3.63, 3.8) is 0 Å². The number of alkyl halides is 4. The van der Waals surface area contributed by atoms with Gasteiger partial charge >= 0.3 is 13.3 Å². The lowest BCUT2D eigenvalue weighted by molar-refractivity contribution is -0.144. The van der Waals surface area contributed by atoms with Gasteiger partial charge in [-0.05, 0) is 134 Å². The van der Waals surface area contributed by atoms with Crippen LogP contribution < -0.4 is 31.9 Å². The second kappa shape index (κ2) is 27.7. The number of piperidine rings is 3. The lowest BCUT2D eigenvalue weighted by atomic mass is 9.82. The Morgan fingerprint density at radius 3 is 2.09 bits per heavy atom. The van der Waals surface area contributed by atoms with Crippen LogP contribution in [0.4, 0.5) is 23.2 Å². The third kappa shape index (κ3) is 15.3. The number of primary amides is 1. The maximum absolute atomic E-state index is 14.8. The van der Waals surface area contributed by atoms with Crippen LogP contribution in [0.15, 0.2) is 66.7 Å². The van der Waals surface area contributed by atoms with Gasteiger partial charge in [0.15, 0.2) is 0 Å². The first kappa shape index (κ1) is 68.2. The van der Waals surface area contributed by atoms with Crippen LogP contribution in [0.1, 0.15) is 145 Å². The van der Waals surface area contributed by atoms with E-state index >= 15 is 0 Å². The van der Waals surface area contributed by atoms with Crippen molar-refractivity contribution in [1.82, 2.24) is 40.9 Å². The average Bonchev–Trinajstić information content (AvgIpc) is 1.64. The fourth-order valence-electron chi connectivity index (χ4n) is 13.7. The first-order valence-electron chi connectivity index (χ1n) is 31.4. The SMILES string of the molecule is CC(C)(C)c1ccc(C[C@H](NC(=O)[C@H](CCC(N)=O)NC(=O)[C@@H]2CC[C@@H]3CCN(CC(F)F)C[C@H](NC(=O)c4cc5cc(C(F)(F)P(=O)(O)O)ccc5s4)C(=O)N32)C(=O)N2CCC(CC3CCN(c4ccc5c(c4)C(=O)N(C4CCC(=O)NC4=O)C5=O)CC3)CC2)cc1. The van der Waals surface area contributed by atoms with Crippen LogP contribution >= 0.6 is 18.9 Å². The van der Waals surface area contributed by atoms with E-state index in [1.807, 2.05) is 24.3 Å². The molecule has 29 heteroatoms. The number of likely N-dealkylation sites (tertiary alicyclic amines) is 1. The molecular formula is C64H77F4N10O13PS. The molecule has 5 saturated heterocycles. The monoisotopic (exact) mass is 1330 g/mol. The zero-order valence-electron chi connectivity index (χ0n) is 51.8. The molecule has 6 aliphatic heterocycles. The summed E-state index contributed by atoms with van der Waals surface area (Å²) >= 11 is 0.815. The Kier molecular flexibility index (Phi) is 20.3. The van der Waals surface area contributed by atoms with Crippen molar-refractivity contribution in [2.24, 2.45) is 17.6 Å². The molecule has 1 unspecified atom stereocenters. The summed E-state index contributed by atoms with van der Waals surface area (Å²) in [5.41, 5.74) is 2.85. The Balaban J connectivity index is 0.794. The molecule has 0 aliphatic carbocycles. The molecule has 8 N–H and O–H groups in total. The molecule has 7 heterocycles. The van der Waals surface area contributed by atoms with Gasteiger partial charge in [0.05, 0.1) is 22.5 Å². The van der Waals surface area contributed by atoms with E-state index in [1.54, 1.807) is 23.1 Å². The van der Waals surface area contributed by atoms with Gasteiger partial charge in [-0.2, -0.15) is 8.78 Å². The third-order valence-corrected chi connectivity index (χ3v) is 21.0. The highest BCUT2D eigenvalue weighted by Crippen LogP contribution is 2.59. The highest BCUT2D eigenvalue weighted by atomic mass is 32.1. The number of nitrogens with two attached hydrogens (primary N) is 1. The van der Waals surface area contributed by atoms with Crippen molar-refractivity contribution in [2.75, 3.05) is 50.7 Å². The number of amides is 10. The summed E-state index contributed by atoms with van der Waals surface area (Å²) in [6, 6.07) is 9.63. The summed E-state index contributed by atoms with van der Waals surface area (Å²) < 4.78 is 69.1. The van der Waals surface area contributed by atoms with Gasteiger partial charge in [0.2, 0.25) is 41.4 Å². The van der Waals surface area contributed by atoms with Crippen molar-refractivity contribution in [1.29, 1.82) is 0 Å². The number of fused-ring (bicyclic) bond motifs is 3. The number of halogens is 4. The van der Waals surface area contributed by atoms with E-state index in [4.69, 9.17) is 5.73 Å². The second-order valence-electron chi connectivity index (χ2n) is 26.3. The van der Waals surface area contributed by atoms with Crippen LogP contribution in [0.5, 0.6) is 0 Å². The summed E-state index contributed by atoms with van der Waals surface area (Å²) in [5, 5.41) is 10.5. The van der Waals surface area contributed by atoms with Crippen LogP contribution in [0.3, 0.4) is 0 Å². The van der Waals surface area contributed by atoms with Gasteiger partial charge in [0, 0.05) is 80.5 Å². The number of rotatable bonds is 20. The quantitative estimate of drug-likeness (QED) is 0.0336. The van der Waals surface area contributed by atoms with Gasteiger partial charge in [-0.3, -0.25) is 67.6 Å². The molecule has 6 aliphatic rings. The lowest BCUT2D eigenvalue weighted by Crippen LogP contribution is -2.62. The number of hydrogen-bond acceptors (Lipinski definition) is 14. The zero-order valence-corrected chi connectivity index (χ0v) is 53.5. The molecule has 1 aromatic heterocycles. The number of hydrogen-bond donors (Lipinski definition) is 7. The van der Waals surface area contributed by atoms with Crippen molar-refractivity contribution in [3.05, 3.63) is 99.4 Å². The minimum absolute atomic E-state index is 0.0211. The number of thiophene rings is 1. The van der Waals surface area contributed by atoms with Crippen molar-refractivity contribution < 1.29 is 79.9 Å². The molecule has 10 rings (SSSR count). The fourth-order valence-corrected chi connectivity index (χ4v) is 15.2. The van der Waals surface area contributed by atoms with Crippen molar-refractivity contribution >= 4 is 93.8 Å². The molecule has 93 heavy (non-hydrogen) atoms. The van der Waals surface area contributed by atoms with E-state index in [-0.39, 0.29) is 95.3 Å². The Bertz CT molecular complexity index is 3640. The summed E-state index contributed by atoms with van der Waals surface area (Å²) in [7, 11) is -5.94. The second-order valence-corrected chi connectivity index (χ2v) is 29.0. The average molecular weight is 1330 g/mol. The summed E-state index contributed by atoms with van der Waals surface area (Å²) in [6.07, 6.45) is 1.13. The van der Waals surface area contributed by atoms with Gasteiger partial charge in [-0.15, -0.1) is 11.3 Å². The maximum Gasteiger partial charge on any atom is 0.399 e. The minimum atomic E-state index is -5.94. The molecule has 23 nitrogen and oxygen atoms in total. The summed E-state index contributed by atoms with van der Waals surface area (Å²) in [5.74, 6) is -6.05. The fraction of sp³-hybridized carbons (Fsp3) is 0.531. The molecular weight excluding hydrogens is 1260 g/mol. The maximum atomic E-state index is 14.8. The topological polar surface area (TPSA) is 319 Å². The molecule has 0 radical (unpaired) electrons. The number of nitrogens with one attached hydrogen (secondary N) is 4. The number of carbonyl (C=O) groups excluding carboxylic acids is 10. The van der Waals surface area contributed by atoms with Gasteiger partial charge in [0.1, 0.15) is 30.2 Å². The number of anilines is 1. The minimum Gasteiger partial charge on any atom is -0.371 e. The number of carbonyl (C=O) groups is 10. The van der Waals surface area contributed by atoms with E-state index in [2.05, 4.69) is 46.9 Å². The Morgan fingerprint density at radius 1 is 0.774 bits per heavy atom. The predicted molar refractivity (Wildman–Crippen MR) is 333 cm³/mol. The van der Waals surface area contributed by atoms with Gasteiger partial charge in [-0.25, -0.2) is 8.78 Å². The standard InChI is InChI=1S/C64H77F4N10O13PS/c1-63(2,3)39-6-4-35(5-7-39)29-46(61(87)76-26-20-37(21-27-76)28-36-18-24-75(25-19-36)42-9-11-43-44(32-42)60(86)78(59(43)85)49-14-17-54(80)73-57(49)83)71-55(81)45(12-16-53(69)79)70-56(82)48-13-10-41-22-23-74(34-52(65)66)33-47(62(88)77(41)48)72-58(84)51-31-38-30-40(8-15-50(38)93-51)64(67,68)92(89,90)91/h4-9,11,15,30-32,36-37,41,45-49,52H,10,12-14,16-29,33-34H2,1-3H3,(H2,69,79)(H,70,82)(H,71,81)(H,72,84)(H,73,80,83)(H2,89,90,91)/t41-,45+,46+,47+,48+,49?/m1/s1. The highest BCUT2D eigenvalue weighted by molar-refractivity contribution is 7.52. The smallest absolute Gasteiger partial charge is 0.371 e. The van der Waals surface area contributed by atoms with Gasteiger partial charge in [-0.1, -0.05) is 51.1 Å². The summed E-state index contributed by atoms with van der Waals surface area (Å²) in [6.45, 7) is 7.25. The first-order chi connectivity index (χ1) is 43.9.